The minimum absolute atomic E-state index is 0.259. The number of carbonyl (C=O) groups is 1. The number of rotatable bonds is 2. The van der Waals surface area contributed by atoms with Crippen molar-refractivity contribution in [3.05, 3.63) is 47.5 Å². The highest BCUT2D eigenvalue weighted by molar-refractivity contribution is 5.89. The lowest BCUT2D eigenvalue weighted by Gasteiger charge is -2.45. The molecule has 0 radical (unpaired) electrons. The van der Waals surface area contributed by atoms with Crippen molar-refractivity contribution in [3.8, 4) is 0 Å². The third-order valence-corrected chi connectivity index (χ3v) is 4.39. The number of fused-ring (bicyclic) bond motifs is 1. The van der Waals surface area contributed by atoms with Crippen LogP contribution in [0.3, 0.4) is 0 Å². The third kappa shape index (κ3) is 1.86. The van der Waals surface area contributed by atoms with Gasteiger partial charge in [-0.25, -0.2) is 4.79 Å². The van der Waals surface area contributed by atoms with E-state index >= 15 is 0 Å². The van der Waals surface area contributed by atoms with Crippen LogP contribution in [0.4, 0.5) is 0 Å². The molecule has 3 atom stereocenters. The Labute approximate surface area is 108 Å². The summed E-state index contributed by atoms with van der Waals surface area (Å²) in [6.07, 6.45) is 8.59. The van der Waals surface area contributed by atoms with Crippen molar-refractivity contribution >= 4 is 5.97 Å². The van der Waals surface area contributed by atoms with Gasteiger partial charge >= 0.3 is 5.97 Å². The molecule has 0 saturated heterocycles. The molecule has 2 aliphatic carbocycles. The predicted octanol–water partition coefficient (Wildman–Crippen LogP) is 3.54. The van der Waals surface area contributed by atoms with Gasteiger partial charge in [-0.15, -0.1) is 0 Å². The van der Waals surface area contributed by atoms with Crippen LogP contribution in [0.1, 0.15) is 41.1 Å². The molecule has 0 bridgehead atoms. The Balaban J connectivity index is 1.76. The number of benzene rings is 1. The minimum Gasteiger partial charge on any atom is -0.465 e. The fourth-order valence-electron chi connectivity index (χ4n) is 3.28. The highest BCUT2D eigenvalue weighted by Gasteiger charge is 2.40. The van der Waals surface area contributed by atoms with Gasteiger partial charge in [-0.2, -0.15) is 0 Å². The van der Waals surface area contributed by atoms with Crippen molar-refractivity contribution in [3.63, 3.8) is 0 Å². The van der Waals surface area contributed by atoms with E-state index in [0.717, 1.165) is 11.8 Å². The van der Waals surface area contributed by atoms with E-state index in [-0.39, 0.29) is 5.97 Å². The van der Waals surface area contributed by atoms with E-state index in [2.05, 4.69) is 24.3 Å². The molecule has 1 aromatic rings. The van der Waals surface area contributed by atoms with Gasteiger partial charge in [0.1, 0.15) is 0 Å². The van der Waals surface area contributed by atoms with Crippen LogP contribution >= 0.6 is 0 Å². The van der Waals surface area contributed by atoms with Gasteiger partial charge in [-0.3, -0.25) is 0 Å². The molecular weight excluding hydrogens is 224 g/mol. The normalized spacial score (nSPS) is 29.3. The van der Waals surface area contributed by atoms with Crippen LogP contribution < -0.4 is 0 Å². The molecule has 0 heterocycles. The maximum absolute atomic E-state index is 11.4. The first-order valence-electron chi connectivity index (χ1n) is 6.64. The van der Waals surface area contributed by atoms with E-state index in [1.807, 2.05) is 12.1 Å². The van der Waals surface area contributed by atoms with Gasteiger partial charge in [0.2, 0.25) is 0 Å². The fraction of sp³-hybridized carbons (Fsp3) is 0.438. The lowest BCUT2D eigenvalue weighted by atomic mass is 9.59. The average Bonchev–Trinajstić information content (AvgIpc) is 2.40. The van der Waals surface area contributed by atoms with Crippen molar-refractivity contribution in [2.75, 3.05) is 7.11 Å². The van der Waals surface area contributed by atoms with Crippen LogP contribution in [-0.2, 0) is 4.74 Å². The molecule has 2 aliphatic rings. The van der Waals surface area contributed by atoms with Gasteiger partial charge in [0.15, 0.2) is 0 Å². The van der Waals surface area contributed by atoms with Crippen molar-refractivity contribution in [2.24, 2.45) is 11.8 Å². The Bertz CT molecular complexity index is 472. The summed E-state index contributed by atoms with van der Waals surface area (Å²) in [5.41, 5.74) is 1.99. The van der Waals surface area contributed by atoms with E-state index < -0.39 is 0 Å². The molecule has 0 N–H and O–H groups in total. The summed E-state index contributed by atoms with van der Waals surface area (Å²) in [5, 5.41) is 0. The Morgan fingerprint density at radius 2 is 2.06 bits per heavy atom. The van der Waals surface area contributed by atoms with Crippen molar-refractivity contribution in [1.82, 2.24) is 0 Å². The van der Waals surface area contributed by atoms with Crippen LogP contribution in [0.15, 0.2) is 36.4 Å². The Morgan fingerprint density at radius 1 is 1.28 bits per heavy atom. The quantitative estimate of drug-likeness (QED) is 0.585. The first kappa shape index (κ1) is 11.5. The Hall–Kier alpha value is -1.57. The molecule has 1 fully saturated rings. The van der Waals surface area contributed by atoms with Gasteiger partial charge in [-0.1, -0.05) is 24.3 Å². The van der Waals surface area contributed by atoms with Crippen molar-refractivity contribution in [2.45, 2.75) is 25.2 Å². The standard InChI is InChI=1S/C16H18O2/c1-18-16(17)12-8-6-11(7-9-12)15-10-13-4-2-3-5-14(13)15/h3,5-9,13-15H,2,4,10H2,1H3/t13-,14-,15-/m0/s1. The zero-order valence-corrected chi connectivity index (χ0v) is 10.6. The molecule has 0 aromatic heterocycles. The highest BCUT2D eigenvalue weighted by Crippen LogP contribution is 2.51. The monoisotopic (exact) mass is 242 g/mol. The summed E-state index contributed by atoms with van der Waals surface area (Å²) in [7, 11) is 1.42. The molecule has 0 amide bonds. The SMILES string of the molecule is COC(=O)c1ccc([C@@H]2C[C@@H]3CCC=C[C@@H]32)cc1. The molecule has 0 aliphatic heterocycles. The molecule has 18 heavy (non-hydrogen) atoms. The van der Waals surface area contributed by atoms with E-state index in [0.29, 0.717) is 11.5 Å². The summed E-state index contributed by atoms with van der Waals surface area (Å²) in [4.78, 5) is 11.4. The lowest BCUT2D eigenvalue weighted by molar-refractivity contribution is 0.0600. The maximum atomic E-state index is 11.4. The van der Waals surface area contributed by atoms with Gasteiger partial charge < -0.3 is 4.74 Å². The molecule has 2 nitrogen and oxygen atoms in total. The summed E-state index contributed by atoms with van der Waals surface area (Å²) in [6, 6.07) is 7.91. The summed E-state index contributed by atoms with van der Waals surface area (Å²) in [5.74, 6) is 2.01. The number of carbonyl (C=O) groups excluding carboxylic acids is 1. The van der Waals surface area contributed by atoms with Crippen LogP contribution in [0.25, 0.3) is 0 Å². The number of allylic oxidation sites excluding steroid dienone is 2. The molecular formula is C16H18O2. The first-order valence-corrected chi connectivity index (χ1v) is 6.64. The van der Waals surface area contributed by atoms with Crippen LogP contribution in [0.5, 0.6) is 0 Å². The third-order valence-electron chi connectivity index (χ3n) is 4.39. The minimum atomic E-state index is -0.259. The number of hydrogen-bond donors (Lipinski definition) is 0. The average molecular weight is 242 g/mol. The largest absolute Gasteiger partial charge is 0.465 e. The summed E-state index contributed by atoms with van der Waals surface area (Å²) < 4.78 is 4.71. The van der Waals surface area contributed by atoms with Gasteiger partial charge in [0, 0.05) is 0 Å². The van der Waals surface area contributed by atoms with Gasteiger partial charge in [0.05, 0.1) is 12.7 Å². The highest BCUT2D eigenvalue weighted by atomic mass is 16.5. The molecule has 3 rings (SSSR count). The lowest BCUT2D eigenvalue weighted by Crippen LogP contribution is -2.35. The van der Waals surface area contributed by atoms with Crippen LogP contribution in [-0.4, -0.2) is 13.1 Å². The second-order valence-corrected chi connectivity index (χ2v) is 5.30. The number of methoxy groups -OCH3 is 1. The number of ether oxygens (including phenoxy) is 1. The summed E-state index contributed by atoms with van der Waals surface area (Å²) in [6.45, 7) is 0. The Morgan fingerprint density at radius 3 is 2.72 bits per heavy atom. The van der Waals surface area contributed by atoms with Crippen LogP contribution in [0.2, 0.25) is 0 Å². The molecule has 1 saturated carbocycles. The van der Waals surface area contributed by atoms with E-state index in [1.54, 1.807) is 0 Å². The second-order valence-electron chi connectivity index (χ2n) is 5.30. The van der Waals surface area contributed by atoms with Crippen molar-refractivity contribution < 1.29 is 9.53 Å². The molecule has 2 heteroatoms. The summed E-state index contributed by atoms with van der Waals surface area (Å²) >= 11 is 0. The fourth-order valence-corrected chi connectivity index (χ4v) is 3.28. The molecule has 0 unspecified atom stereocenters. The van der Waals surface area contributed by atoms with Gasteiger partial charge in [0.25, 0.3) is 0 Å². The molecule has 1 aromatic carbocycles. The zero-order chi connectivity index (χ0) is 12.5. The maximum Gasteiger partial charge on any atom is 0.337 e. The van der Waals surface area contributed by atoms with E-state index in [1.165, 1.54) is 31.9 Å². The van der Waals surface area contributed by atoms with Crippen molar-refractivity contribution in [1.29, 1.82) is 0 Å². The molecule has 0 spiro atoms. The molecule has 94 valence electrons. The first-order chi connectivity index (χ1) is 8.79. The Kier molecular flexibility index (Phi) is 2.94. The number of hydrogen-bond acceptors (Lipinski definition) is 2. The van der Waals surface area contributed by atoms with Gasteiger partial charge in [-0.05, 0) is 54.7 Å². The second kappa shape index (κ2) is 4.60. The van der Waals surface area contributed by atoms with Crippen LogP contribution in [0, 0.1) is 11.8 Å². The zero-order valence-electron chi connectivity index (χ0n) is 10.6. The topological polar surface area (TPSA) is 26.3 Å². The number of esters is 1. The van der Waals surface area contributed by atoms with E-state index in [9.17, 15) is 4.79 Å². The predicted molar refractivity (Wildman–Crippen MR) is 70.5 cm³/mol. The van der Waals surface area contributed by atoms with E-state index in [4.69, 9.17) is 4.74 Å². The smallest absolute Gasteiger partial charge is 0.337 e.